The Balaban J connectivity index is 1.66. The van der Waals surface area contributed by atoms with E-state index in [9.17, 15) is 9.59 Å². The summed E-state index contributed by atoms with van der Waals surface area (Å²) in [7, 11) is 0. The van der Waals surface area contributed by atoms with E-state index in [1.54, 1.807) is 39.0 Å². The Morgan fingerprint density at radius 1 is 0.868 bits per heavy atom. The number of aryl methyl sites for hydroxylation is 1. The minimum Gasteiger partial charge on any atom is -0.466 e. The second-order valence-electron chi connectivity index (χ2n) is 8.33. The molecule has 4 aromatic rings. The maximum Gasteiger partial charge on any atom is 0.419 e. The van der Waals surface area contributed by atoms with Crippen LogP contribution >= 0.6 is 23.2 Å². The molecule has 0 fully saturated rings. The van der Waals surface area contributed by atoms with Gasteiger partial charge in [0.25, 0.3) is 0 Å². The zero-order valence-electron chi connectivity index (χ0n) is 21.2. The number of benzene rings is 3. The molecule has 0 atom stereocenters. The number of carbonyl (C=O) groups is 2. The first-order chi connectivity index (χ1) is 18.3. The highest BCUT2D eigenvalue weighted by Crippen LogP contribution is 2.42. The van der Waals surface area contributed by atoms with Crippen molar-refractivity contribution >= 4 is 46.6 Å². The SMILES string of the molecule is CCOC(=O)Cc1ccc(-c2ccc(-c3onc(C)c3N(C(=O)OCC)c3ccc(Cl)cc3Cl)cc2)cc1. The molecule has 1 amide bonds. The number of ether oxygens (including phenoxy) is 2. The third kappa shape index (κ3) is 6.01. The fraction of sp³-hybridized carbons (Fsp3) is 0.207. The number of rotatable bonds is 8. The molecule has 9 heteroatoms. The Morgan fingerprint density at radius 3 is 2.08 bits per heavy atom. The van der Waals surface area contributed by atoms with Crippen molar-refractivity contribution < 1.29 is 23.6 Å². The second-order valence-corrected chi connectivity index (χ2v) is 9.18. The van der Waals surface area contributed by atoms with Crippen LogP contribution in [-0.2, 0) is 20.7 Å². The van der Waals surface area contributed by atoms with Crippen LogP contribution in [0.5, 0.6) is 0 Å². The molecular weight excluding hydrogens is 527 g/mol. The molecule has 0 aliphatic carbocycles. The van der Waals surface area contributed by atoms with Crippen LogP contribution in [0.25, 0.3) is 22.5 Å². The van der Waals surface area contributed by atoms with Crippen LogP contribution in [0.1, 0.15) is 25.1 Å². The van der Waals surface area contributed by atoms with Crippen molar-refractivity contribution in [2.24, 2.45) is 0 Å². The lowest BCUT2D eigenvalue weighted by molar-refractivity contribution is -0.142. The third-order valence-corrected chi connectivity index (χ3v) is 6.28. The number of hydrogen-bond donors (Lipinski definition) is 0. The molecule has 0 aliphatic heterocycles. The molecule has 0 radical (unpaired) electrons. The van der Waals surface area contributed by atoms with Crippen molar-refractivity contribution in [3.8, 4) is 22.5 Å². The maximum absolute atomic E-state index is 13.1. The standard InChI is InChI=1S/C29H26Cl2N2O5/c1-4-36-26(34)16-19-6-8-20(9-7-19)21-10-12-22(13-11-21)28-27(18(3)32-38-28)33(29(35)37-5-2)25-15-14-23(30)17-24(25)31/h6-15,17H,4-5,16H2,1-3H3. The molecule has 0 N–H and O–H groups in total. The number of anilines is 2. The predicted octanol–water partition coefficient (Wildman–Crippen LogP) is 8.02. The molecule has 4 rings (SSSR count). The Hall–Kier alpha value is -3.81. The summed E-state index contributed by atoms with van der Waals surface area (Å²) in [5.41, 5.74) is 4.84. The molecule has 0 unspecified atom stereocenters. The van der Waals surface area contributed by atoms with Gasteiger partial charge in [0.15, 0.2) is 5.76 Å². The maximum atomic E-state index is 13.1. The quantitative estimate of drug-likeness (QED) is 0.206. The van der Waals surface area contributed by atoms with Crippen molar-refractivity contribution in [3.63, 3.8) is 0 Å². The fourth-order valence-corrected chi connectivity index (χ4v) is 4.48. The van der Waals surface area contributed by atoms with E-state index >= 15 is 0 Å². The van der Waals surface area contributed by atoms with Crippen molar-refractivity contribution in [2.45, 2.75) is 27.2 Å². The lowest BCUT2D eigenvalue weighted by Gasteiger charge is -2.23. The zero-order chi connectivity index (χ0) is 27.2. The minimum atomic E-state index is -0.621. The summed E-state index contributed by atoms with van der Waals surface area (Å²) in [5, 5.41) is 4.84. The Morgan fingerprint density at radius 2 is 1.47 bits per heavy atom. The summed E-state index contributed by atoms with van der Waals surface area (Å²) in [6.07, 6.45) is -0.390. The smallest absolute Gasteiger partial charge is 0.419 e. The fourth-order valence-electron chi connectivity index (χ4n) is 3.99. The van der Waals surface area contributed by atoms with Gasteiger partial charge in [-0.2, -0.15) is 0 Å². The molecule has 0 saturated heterocycles. The number of halogens is 2. The van der Waals surface area contributed by atoms with E-state index in [4.69, 9.17) is 37.2 Å². The minimum absolute atomic E-state index is 0.174. The van der Waals surface area contributed by atoms with Crippen molar-refractivity contribution in [2.75, 3.05) is 18.1 Å². The molecule has 3 aromatic carbocycles. The van der Waals surface area contributed by atoms with Gasteiger partial charge in [-0.05, 0) is 55.7 Å². The molecule has 0 bridgehead atoms. The topological polar surface area (TPSA) is 81.9 Å². The Labute approximate surface area is 230 Å². The van der Waals surface area contributed by atoms with Crippen LogP contribution in [-0.4, -0.2) is 30.4 Å². The van der Waals surface area contributed by atoms with Crippen LogP contribution in [0.3, 0.4) is 0 Å². The molecule has 196 valence electrons. The van der Waals surface area contributed by atoms with Gasteiger partial charge in [0, 0.05) is 10.6 Å². The van der Waals surface area contributed by atoms with Gasteiger partial charge < -0.3 is 14.0 Å². The summed E-state index contributed by atoms with van der Waals surface area (Å²) in [6, 6.07) is 20.2. The highest BCUT2D eigenvalue weighted by Gasteiger charge is 2.30. The van der Waals surface area contributed by atoms with E-state index in [-0.39, 0.29) is 24.0 Å². The largest absolute Gasteiger partial charge is 0.466 e. The van der Waals surface area contributed by atoms with Gasteiger partial charge in [-0.3, -0.25) is 4.79 Å². The Bertz CT molecular complexity index is 1430. The first-order valence-corrected chi connectivity index (χ1v) is 12.8. The van der Waals surface area contributed by atoms with Crippen molar-refractivity contribution in [1.29, 1.82) is 0 Å². The lowest BCUT2D eigenvalue weighted by atomic mass is 10.0. The summed E-state index contributed by atoms with van der Waals surface area (Å²) in [4.78, 5) is 26.2. The zero-order valence-corrected chi connectivity index (χ0v) is 22.7. The van der Waals surface area contributed by atoms with E-state index in [1.807, 2.05) is 48.5 Å². The van der Waals surface area contributed by atoms with Gasteiger partial charge >= 0.3 is 12.1 Å². The highest BCUT2D eigenvalue weighted by molar-refractivity contribution is 6.37. The first kappa shape index (κ1) is 27.2. The highest BCUT2D eigenvalue weighted by atomic mass is 35.5. The number of carbonyl (C=O) groups excluding carboxylic acids is 2. The second kappa shape index (κ2) is 12.2. The van der Waals surface area contributed by atoms with E-state index in [0.717, 1.165) is 16.7 Å². The molecule has 0 saturated carbocycles. The molecule has 0 aliphatic rings. The first-order valence-electron chi connectivity index (χ1n) is 12.1. The monoisotopic (exact) mass is 552 g/mol. The third-order valence-electron chi connectivity index (χ3n) is 5.74. The van der Waals surface area contributed by atoms with E-state index < -0.39 is 6.09 Å². The summed E-state index contributed by atoms with van der Waals surface area (Å²) >= 11 is 12.6. The molecule has 0 spiro atoms. The number of esters is 1. The number of aromatic nitrogens is 1. The molecule has 1 heterocycles. The number of nitrogens with zero attached hydrogens (tertiary/aromatic N) is 2. The molecule has 7 nitrogen and oxygen atoms in total. The molecule has 1 aromatic heterocycles. The van der Waals surface area contributed by atoms with Crippen LogP contribution < -0.4 is 4.90 Å². The van der Waals surface area contributed by atoms with Crippen LogP contribution in [0, 0.1) is 6.92 Å². The van der Waals surface area contributed by atoms with Gasteiger partial charge in [0.1, 0.15) is 11.4 Å². The average Bonchev–Trinajstić information content (AvgIpc) is 3.27. The van der Waals surface area contributed by atoms with E-state index in [2.05, 4.69) is 5.16 Å². The van der Waals surface area contributed by atoms with Gasteiger partial charge in [0.2, 0.25) is 0 Å². The number of amides is 1. The van der Waals surface area contributed by atoms with Crippen molar-refractivity contribution in [3.05, 3.63) is 88.0 Å². The summed E-state index contributed by atoms with van der Waals surface area (Å²) in [5.74, 6) is 0.136. The lowest BCUT2D eigenvalue weighted by Crippen LogP contribution is -2.27. The van der Waals surface area contributed by atoms with Gasteiger partial charge in [-0.25, -0.2) is 9.69 Å². The van der Waals surface area contributed by atoms with Crippen LogP contribution in [0.2, 0.25) is 10.0 Å². The molecule has 38 heavy (non-hydrogen) atoms. The van der Waals surface area contributed by atoms with Gasteiger partial charge in [0.05, 0.1) is 30.3 Å². The van der Waals surface area contributed by atoms with E-state index in [1.165, 1.54) is 4.90 Å². The van der Waals surface area contributed by atoms with Crippen molar-refractivity contribution in [1.82, 2.24) is 5.16 Å². The van der Waals surface area contributed by atoms with Gasteiger partial charge in [-0.1, -0.05) is 76.9 Å². The number of hydrogen-bond acceptors (Lipinski definition) is 6. The molecular formula is C29H26Cl2N2O5. The van der Waals surface area contributed by atoms with Gasteiger partial charge in [-0.15, -0.1) is 0 Å². The van der Waals surface area contributed by atoms with Crippen LogP contribution in [0.15, 0.2) is 71.3 Å². The summed E-state index contributed by atoms with van der Waals surface area (Å²) in [6.45, 7) is 5.79. The normalized spacial score (nSPS) is 10.8. The Kier molecular flexibility index (Phi) is 8.71. The summed E-state index contributed by atoms with van der Waals surface area (Å²) < 4.78 is 16.0. The van der Waals surface area contributed by atoms with E-state index in [0.29, 0.717) is 40.0 Å². The predicted molar refractivity (Wildman–Crippen MR) is 148 cm³/mol. The average molecular weight is 553 g/mol. The van der Waals surface area contributed by atoms with Crippen LogP contribution in [0.4, 0.5) is 16.2 Å².